The van der Waals surface area contributed by atoms with Crippen molar-refractivity contribution < 1.29 is 9.63 Å². The number of hydrogen-bond acceptors (Lipinski definition) is 3. The fraction of sp³-hybridized carbons (Fsp3) is 0.222. The lowest BCUT2D eigenvalue weighted by Gasteiger charge is -2.06. The Bertz CT molecular complexity index is 656. The molecule has 0 atom stereocenters. The van der Waals surface area contributed by atoms with Crippen molar-refractivity contribution in [2.24, 2.45) is 5.16 Å². The molecule has 4 nitrogen and oxygen atoms in total. The maximum atomic E-state index is 11.8. The second kappa shape index (κ2) is 7.41. The fourth-order valence-corrected chi connectivity index (χ4v) is 2.09. The first-order chi connectivity index (χ1) is 10.5. The molecular weight excluding hydrogens is 276 g/mol. The molecule has 0 radical (unpaired) electrons. The van der Waals surface area contributed by atoms with Crippen LogP contribution in [0.1, 0.15) is 22.3 Å². The van der Waals surface area contributed by atoms with Crippen molar-refractivity contribution in [3.8, 4) is 0 Å². The third-order valence-electron chi connectivity index (χ3n) is 3.05. The van der Waals surface area contributed by atoms with Gasteiger partial charge in [0.25, 0.3) is 5.91 Å². The topological polar surface area (TPSA) is 50.7 Å². The smallest absolute Gasteiger partial charge is 0.265 e. The molecule has 4 heteroatoms. The summed E-state index contributed by atoms with van der Waals surface area (Å²) < 4.78 is 0. The minimum absolute atomic E-state index is 0.116. The van der Waals surface area contributed by atoms with E-state index in [1.807, 2.05) is 57.2 Å². The monoisotopic (exact) mass is 296 g/mol. The molecule has 0 spiro atoms. The number of rotatable bonds is 5. The summed E-state index contributed by atoms with van der Waals surface area (Å²) in [5.74, 6) is -0.231. The summed E-state index contributed by atoms with van der Waals surface area (Å²) in [6.45, 7) is 5.89. The lowest BCUT2D eigenvalue weighted by atomic mass is 10.1. The van der Waals surface area contributed by atoms with Crippen molar-refractivity contribution in [1.29, 1.82) is 0 Å². The zero-order valence-corrected chi connectivity index (χ0v) is 13.1. The van der Waals surface area contributed by atoms with Gasteiger partial charge in [-0.3, -0.25) is 4.79 Å². The Hall–Kier alpha value is -2.62. The van der Waals surface area contributed by atoms with Crippen LogP contribution in [0.15, 0.2) is 47.6 Å². The van der Waals surface area contributed by atoms with E-state index < -0.39 is 0 Å². The summed E-state index contributed by atoms with van der Waals surface area (Å²) in [7, 11) is 0. The van der Waals surface area contributed by atoms with Gasteiger partial charge in [0.1, 0.15) is 0 Å². The second-order valence-corrected chi connectivity index (χ2v) is 5.34. The fourth-order valence-electron chi connectivity index (χ4n) is 2.09. The summed E-state index contributed by atoms with van der Waals surface area (Å²) in [5, 5.41) is 6.59. The average Bonchev–Trinajstić information content (AvgIpc) is 2.44. The number of carbonyl (C=O) groups excluding carboxylic acids is 1. The summed E-state index contributed by atoms with van der Waals surface area (Å²) in [4.78, 5) is 16.8. The van der Waals surface area contributed by atoms with Gasteiger partial charge in [-0.25, -0.2) is 0 Å². The molecule has 1 N–H and O–H groups in total. The van der Waals surface area contributed by atoms with Gasteiger partial charge in [0.2, 0.25) is 0 Å². The van der Waals surface area contributed by atoms with Crippen LogP contribution in [0.25, 0.3) is 0 Å². The quantitative estimate of drug-likeness (QED) is 0.677. The van der Waals surface area contributed by atoms with Crippen molar-refractivity contribution in [2.75, 3.05) is 11.9 Å². The largest absolute Gasteiger partial charge is 0.386 e. The zero-order valence-electron chi connectivity index (χ0n) is 13.1. The highest BCUT2D eigenvalue weighted by Gasteiger charge is 2.03. The SMILES string of the molecule is Cc1ccc(/C=N\OCC(=O)Nc2cc(C)cc(C)c2)cc1. The Kier molecular flexibility index (Phi) is 5.31. The van der Waals surface area contributed by atoms with Crippen LogP contribution in [-0.2, 0) is 9.63 Å². The Morgan fingerprint density at radius 3 is 2.32 bits per heavy atom. The highest BCUT2D eigenvalue weighted by atomic mass is 16.6. The Morgan fingerprint density at radius 2 is 1.68 bits per heavy atom. The summed E-state index contributed by atoms with van der Waals surface area (Å²) in [6, 6.07) is 13.8. The summed E-state index contributed by atoms with van der Waals surface area (Å²) in [5.41, 5.74) is 5.10. The molecule has 2 aromatic rings. The van der Waals surface area contributed by atoms with E-state index in [-0.39, 0.29) is 12.5 Å². The van der Waals surface area contributed by atoms with Crippen molar-refractivity contribution in [3.05, 3.63) is 64.7 Å². The van der Waals surface area contributed by atoms with E-state index in [2.05, 4.69) is 16.5 Å². The van der Waals surface area contributed by atoms with E-state index >= 15 is 0 Å². The molecule has 0 aliphatic heterocycles. The molecular formula is C18H20N2O2. The summed E-state index contributed by atoms with van der Waals surface area (Å²) >= 11 is 0. The number of benzene rings is 2. The Labute approximate surface area is 130 Å². The number of nitrogens with one attached hydrogen (secondary N) is 1. The van der Waals surface area contributed by atoms with E-state index in [1.54, 1.807) is 6.21 Å². The van der Waals surface area contributed by atoms with E-state index in [1.165, 1.54) is 5.56 Å². The Morgan fingerprint density at radius 1 is 1.05 bits per heavy atom. The van der Waals surface area contributed by atoms with Gasteiger partial charge in [0.15, 0.2) is 6.61 Å². The van der Waals surface area contributed by atoms with Gasteiger partial charge in [-0.2, -0.15) is 0 Å². The van der Waals surface area contributed by atoms with E-state index in [0.717, 1.165) is 22.4 Å². The molecule has 1 amide bonds. The number of hydrogen-bond donors (Lipinski definition) is 1. The van der Waals surface area contributed by atoms with Crippen LogP contribution < -0.4 is 5.32 Å². The van der Waals surface area contributed by atoms with Crippen molar-refractivity contribution in [3.63, 3.8) is 0 Å². The highest BCUT2D eigenvalue weighted by molar-refractivity contribution is 5.91. The average molecular weight is 296 g/mol. The van der Waals surface area contributed by atoms with Gasteiger partial charge in [0.05, 0.1) is 6.21 Å². The summed E-state index contributed by atoms with van der Waals surface area (Å²) in [6.07, 6.45) is 1.59. The lowest BCUT2D eigenvalue weighted by Crippen LogP contribution is -2.17. The number of amides is 1. The molecule has 114 valence electrons. The molecule has 0 heterocycles. The third-order valence-corrected chi connectivity index (χ3v) is 3.05. The Balaban J connectivity index is 1.81. The van der Waals surface area contributed by atoms with Gasteiger partial charge in [-0.05, 0) is 49.6 Å². The minimum atomic E-state index is -0.231. The maximum absolute atomic E-state index is 11.8. The molecule has 0 bridgehead atoms. The van der Waals surface area contributed by atoms with Crippen LogP contribution in [0.2, 0.25) is 0 Å². The lowest BCUT2D eigenvalue weighted by molar-refractivity contribution is -0.120. The maximum Gasteiger partial charge on any atom is 0.265 e. The van der Waals surface area contributed by atoms with Crippen molar-refractivity contribution in [2.45, 2.75) is 20.8 Å². The van der Waals surface area contributed by atoms with Crippen molar-refractivity contribution in [1.82, 2.24) is 0 Å². The van der Waals surface area contributed by atoms with E-state index in [9.17, 15) is 4.79 Å². The van der Waals surface area contributed by atoms with Gasteiger partial charge in [-0.15, -0.1) is 0 Å². The molecule has 0 saturated carbocycles. The normalized spacial score (nSPS) is 10.7. The van der Waals surface area contributed by atoms with Crippen LogP contribution >= 0.6 is 0 Å². The molecule has 0 aliphatic rings. The predicted octanol–water partition coefficient (Wildman–Crippen LogP) is 3.60. The van der Waals surface area contributed by atoms with Crippen molar-refractivity contribution >= 4 is 17.8 Å². The molecule has 0 aliphatic carbocycles. The molecule has 2 aromatic carbocycles. The number of oxime groups is 1. The first-order valence-corrected chi connectivity index (χ1v) is 7.13. The van der Waals surface area contributed by atoms with Crippen LogP contribution in [0, 0.1) is 20.8 Å². The van der Waals surface area contributed by atoms with Crippen LogP contribution in [0.4, 0.5) is 5.69 Å². The zero-order chi connectivity index (χ0) is 15.9. The minimum Gasteiger partial charge on any atom is -0.386 e. The molecule has 0 saturated heterocycles. The molecule has 2 rings (SSSR count). The van der Waals surface area contributed by atoms with Crippen LogP contribution in [0.3, 0.4) is 0 Å². The first-order valence-electron chi connectivity index (χ1n) is 7.13. The second-order valence-electron chi connectivity index (χ2n) is 5.34. The number of carbonyl (C=O) groups is 1. The predicted molar refractivity (Wildman–Crippen MR) is 89.3 cm³/mol. The van der Waals surface area contributed by atoms with Gasteiger partial charge < -0.3 is 10.2 Å². The van der Waals surface area contributed by atoms with Gasteiger partial charge in [-0.1, -0.05) is 41.1 Å². The van der Waals surface area contributed by atoms with E-state index in [0.29, 0.717) is 0 Å². The number of aryl methyl sites for hydroxylation is 3. The molecule has 0 unspecified atom stereocenters. The molecule has 0 fully saturated rings. The van der Waals surface area contributed by atoms with Crippen LogP contribution in [0.5, 0.6) is 0 Å². The first kappa shape index (κ1) is 15.8. The third kappa shape index (κ3) is 5.05. The van der Waals surface area contributed by atoms with Gasteiger partial charge in [0, 0.05) is 5.69 Å². The van der Waals surface area contributed by atoms with Gasteiger partial charge >= 0.3 is 0 Å². The highest BCUT2D eigenvalue weighted by Crippen LogP contribution is 2.13. The van der Waals surface area contributed by atoms with Crippen LogP contribution in [-0.4, -0.2) is 18.7 Å². The number of nitrogens with zero attached hydrogens (tertiary/aromatic N) is 1. The number of anilines is 1. The molecule has 0 aromatic heterocycles. The van der Waals surface area contributed by atoms with E-state index in [4.69, 9.17) is 4.84 Å². The molecule has 22 heavy (non-hydrogen) atoms. The standard InChI is InChI=1S/C18H20N2O2/c1-13-4-6-16(7-5-13)11-19-22-12-18(21)20-17-9-14(2)8-15(3)10-17/h4-11H,12H2,1-3H3,(H,20,21)/b19-11-.